The van der Waals surface area contributed by atoms with E-state index in [0.717, 1.165) is 102 Å². The fourth-order valence-electron chi connectivity index (χ4n) is 12.7. The van der Waals surface area contributed by atoms with E-state index < -0.39 is 97.5 Å². The molecular weight excluding hydrogens is 1320 g/mol. The number of phosphoric acid groups is 2. The first kappa shape index (κ1) is 99.1. The van der Waals surface area contributed by atoms with Gasteiger partial charge in [0.2, 0.25) is 0 Å². The number of aliphatic hydroxyl groups is 1. The Kier molecular flexibility index (Phi) is 72.2. The summed E-state index contributed by atoms with van der Waals surface area (Å²) in [5.74, 6) is -0.517. The molecule has 17 nitrogen and oxygen atoms in total. The zero-order valence-corrected chi connectivity index (χ0v) is 68.0. The van der Waals surface area contributed by atoms with Gasteiger partial charge in [0, 0.05) is 25.7 Å². The molecule has 0 aromatic carbocycles. The van der Waals surface area contributed by atoms with Crippen LogP contribution in [0.2, 0.25) is 0 Å². The molecule has 0 amide bonds. The summed E-state index contributed by atoms with van der Waals surface area (Å²) in [5.41, 5.74) is 0. The SMILES string of the molecule is CCCCCCCCCCCCCCCCCCC(=O)OC[C@H](COP(=O)(O)OC[C@@H](O)COP(=O)(O)OC[C@@H](COC(=O)CCCCCCCCCCCCCC)OC(=O)CCCCCCCCCCC(C)CC)OC(=O)CCCCCCCCCCCCCCCCCCCCC(C)C. The second kappa shape index (κ2) is 73.6. The predicted octanol–water partition coefficient (Wildman–Crippen LogP) is 24.7. The maximum Gasteiger partial charge on any atom is 0.472 e. The van der Waals surface area contributed by atoms with Crippen LogP contribution in [0.25, 0.3) is 0 Å². The van der Waals surface area contributed by atoms with Crippen LogP contribution in [0.3, 0.4) is 0 Å². The molecule has 600 valence electrons. The second-order valence-corrected chi connectivity index (χ2v) is 33.1. The Bertz CT molecular complexity index is 1940. The van der Waals surface area contributed by atoms with Crippen molar-refractivity contribution in [3.63, 3.8) is 0 Å². The Morgan fingerprint density at radius 2 is 0.505 bits per heavy atom. The summed E-state index contributed by atoms with van der Waals surface area (Å²) in [7, 11) is -9.92. The van der Waals surface area contributed by atoms with E-state index in [1.807, 2.05) is 0 Å². The van der Waals surface area contributed by atoms with Gasteiger partial charge in [0.05, 0.1) is 26.4 Å². The van der Waals surface area contributed by atoms with Crippen LogP contribution < -0.4 is 0 Å². The van der Waals surface area contributed by atoms with Crippen molar-refractivity contribution >= 4 is 39.5 Å². The lowest BCUT2D eigenvalue weighted by atomic mass is 9.99. The van der Waals surface area contributed by atoms with Crippen LogP contribution in [0.4, 0.5) is 0 Å². The lowest BCUT2D eigenvalue weighted by molar-refractivity contribution is -0.161. The van der Waals surface area contributed by atoms with E-state index in [1.165, 1.54) is 250 Å². The van der Waals surface area contributed by atoms with Gasteiger partial charge in [-0.2, -0.15) is 0 Å². The smallest absolute Gasteiger partial charge is 0.462 e. The van der Waals surface area contributed by atoms with E-state index >= 15 is 0 Å². The molecule has 101 heavy (non-hydrogen) atoms. The van der Waals surface area contributed by atoms with Crippen LogP contribution in [-0.4, -0.2) is 96.7 Å². The molecular formula is C82H160O17P2. The van der Waals surface area contributed by atoms with Crippen molar-refractivity contribution in [2.24, 2.45) is 11.8 Å². The van der Waals surface area contributed by atoms with Crippen LogP contribution in [0.15, 0.2) is 0 Å². The van der Waals surface area contributed by atoms with Crippen molar-refractivity contribution in [2.75, 3.05) is 39.6 Å². The number of carbonyl (C=O) groups is 4. The number of phosphoric ester groups is 2. The topological polar surface area (TPSA) is 237 Å². The van der Waals surface area contributed by atoms with E-state index in [0.29, 0.717) is 25.7 Å². The Morgan fingerprint density at radius 3 is 0.752 bits per heavy atom. The third kappa shape index (κ3) is 74.7. The molecule has 0 saturated heterocycles. The van der Waals surface area contributed by atoms with Gasteiger partial charge in [-0.25, -0.2) is 9.13 Å². The summed E-state index contributed by atoms with van der Waals surface area (Å²) in [5, 5.41) is 10.6. The molecule has 3 N–H and O–H groups in total. The van der Waals surface area contributed by atoms with Crippen molar-refractivity contribution in [1.82, 2.24) is 0 Å². The van der Waals surface area contributed by atoms with Gasteiger partial charge in [-0.3, -0.25) is 37.3 Å². The van der Waals surface area contributed by atoms with E-state index in [9.17, 15) is 43.2 Å². The molecule has 6 atom stereocenters. The highest BCUT2D eigenvalue weighted by atomic mass is 31.2. The van der Waals surface area contributed by atoms with Gasteiger partial charge in [0.25, 0.3) is 0 Å². The first-order chi connectivity index (χ1) is 48.9. The van der Waals surface area contributed by atoms with Crippen molar-refractivity contribution in [2.45, 2.75) is 452 Å². The molecule has 19 heteroatoms. The van der Waals surface area contributed by atoms with Crippen molar-refractivity contribution in [3.05, 3.63) is 0 Å². The third-order valence-electron chi connectivity index (χ3n) is 19.6. The summed E-state index contributed by atoms with van der Waals surface area (Å²) in [6.07, 6.45) is 63.7. The lowest BCUT2D eigenvalue weighted by Gasteiger charge is -2.21. The minimum atomic E-state index is -4.96. The minimum absolute atomic E-state index is 0.106. The number of aliphatic hydroxyl groups excluding tert-OH is 1. The molecule has 0 aliphatic rings. The van der Waals surface area contributed by atoms with Crippen molar-refractivity contribution < 1.29 is 80.2 Å². The number of rotatable bonds is 81. The van der Waals surface area contributed by atoms with Crippen LogP contribution in [0.5, 0.6) is 0 Å². The normalized spacial score (nSPS) is 14.2. The second-order valence-electron chi connectivity index (χ2n) is 30.2. The molecule has 3 unspecified atom stereocenters. The van der Waals surface area contributed by atoms with Gasteiger partial charge < -0.3 is 33.8 Å². The first-order valence-electron chi connectivity index (χ1n) is 42.5. The quantitative estimate of drug-likeness (QED) is 0.0222. The Balaban J connectivity index is 5.23. The molecule has 0 fully saturated rings. The molecule has 0 aromatic heterocycles. The van der Waals surface area contributed by atoms with Crippen molar-refractivity contribution in [1.29, 1.82) is 0 Å². The van der Waals surface area contributed by atoms with Gasteiger partial charge in [-0.05, 0) is 37.5 Å². The van der Waals surface area contributed by atoms with E-state index in [2.05, 4.69) is 41.5 Å². The molecule has 0 aliphatic heterocycles. The summed E-state index contributed by atoms with van der Waals surface area (Å²) in [6, 6.07) is 0. The maximum atomic E-state index is 13.1. The van der Waals surface area contributed by atoms with Crippen LogP contribution in [0, 0.1) is 11.8 Å². The van der Waals surface area contributed by atoms with E-state index in [-0.39, 0.29) is 25.7 Å². The summed E-state index contributed by atoms with van der Waals surface area (Å²) >= 11 is 0. The van der Waals surface area contributed by atoms with Crippen LogP contribution in [-0.2, 0) is 65.4 Å². The Labute approximate surface area is 619 Å². The zero-order valence-electron chi connectivity index (χ0n) is 66.2. The minimum Gasteiger partial charge on any atom is -0.462 e. The average molecular weight is 1480 g/mol. The molecule has 0 saturated carbocycles. The van der Waals surface area contributed by atoms with Gasteiger partial charge in [0.1, 0.15) is 19.3 Å². The number of unbranched alkanes of at least 4 members (excludes halogenated alkanes) is 50. The number of hydrogen-bond acceptors (Lipinski definition) is 15. The summed E-state index contributed by atoms with van der Waals surface area (Å²) in [4.78, 5) is 73.1. The number of esters is 4. The number of ether oxygens (including phenoxy) is 4. The zero-order chi connectivity index (χ0) is 74.2. The summed E-state index contributed by atoms with van der Waals surface area (Å²) in [6.45, 7) is 9.68. The highest BCUT2D eigenvalue weighted by Crippen LogP contribution is 2.45. The van der Waals surface area contributed by atoms with Gasteiger partial charge in [0.15, 0.2) is 12.2 Å². The van der Waals surface area contributed by atoms with Crippen molar-refractivity contribution in [3.8, 4) is 0 Å². The lowest BCUT2D eigenvalue weighted by Crippen LogP contribution is -2.30. The molecule has 0 rings (SSSR count). The van der Waals surface area contributed by atoms with Crippen LogP contribution in [0.1, 0.15) is 433 Å². The largest absolute Gasteiger partial charge is 0.472 e. The fraction of sp³-hybridized carbons (Fsp3) is 0.951. The number of hydrogen-bond donors (Lipinski definition) is 3. The first-order valence-corrected chi connectivity index (χ1v) is 45.5. The average Bonchev–Trinajstić information content (AvgIpc) is 0.933. The maximum absolute atomic E-state index is 13.1. The molecule has 0 aliphatic carbocycles. The highest BCUT2D eigenvalue weighted by Gasteiger charge is 2.30. The standard InChI is InChI=1S/C82H160O17P2/c1-7-10-12-14-16-18-20-22-23-29-32-36-40-47-53-59-65-80(85)92-70-77(98-81(86)66-60-54-48-41-37-33-30-27-25-24-26-28-31-34-38-44-50-56-62-74(4)5)72-96-100(88,89)94-68-76(83)69-95-101(90,91)97-73-78(99-82(87)67-61-55-49-43-42-45-51-57-63-75(6)9-3)71-93-79(84)64-58-52-46-39-35-21-19-17-15-13-11-8-2/h74-78,83H,7-73H2,1-6H3,(H,88,89)(H,90,91)/t75?,76-,77-,78-/m1/s1. The van der Waals surface area contributed by atoms with Gasteiger partial charge >= 0.3 is 39.5 Å². The predicted molar refractivity (Wildman–Crippen MR) is 414 cm³/mol. The fourth-order valence-corrected chi connectivity index (χ4v) is 14.3. The van der Waals surface area contributed by atoms with Gasteiger partial charge in [-0.15, -0.1) is 0 Å². The van der Waals surface area contributed by atoms with E-state index in [4.69, 9.17) is 37.0 Å². The molecule has 0 aromatic rings. The Morgan fingerprint density at radius 1 is 0.287 bits per heavy atom. The Hall–Kier alpha value is -1.94. The third-order valence-corrected chi connectivity index (χ3v) is 21.5. The molecule has 0 heterocycles. The van der Waals surface area contributed by atoms with Gasteiger partial charge in [-0.1, -0.05) is 382 Å². The molecule has 0 radical (unpaired) electrons. The monoisotopic (exact) mass is 1480 g/mol. The van der Waals surface area contributed by atoms with E-state index in [1.54, 1.807) is 0 Å². The summed E-state index contributed by atoms with van der Waals surface area (Å²) < 4.78 is 68.8. The van der Waals surface area contributed by atoms with Crippen LogP contribution >= 0.6 is 15.6 Å². The number of carbonyl (C=O) groups excluding carboxylic acids is 4. The molecule has 0 bridgehead atoms. The molecule has 0 spiro atoms. The highest BCUT2D eigenvalue weighted by molar-refractivity contribution is 7.47.